The summed E-state index contributed by atoms with van der Waals surface area (Å²) >= 11 is 4.33. The average molecular weight is 338 g/mol. The molecule has 0 fully saturated rings. The van der Waals surface area contributed by atoms with Gasteiger partial charge in [-0.1, -0.05) is 23.1 Å². The minimum Gasteiger partial charge on any atom is -0.465 e. The molecule has 0 bridgehead atoms. The first kappa shape index (κ1) is 15.5. The van der Waals surface area contributed by atoms with Crippen LogP contribution in [0.4, 0.5) is 5.13 Å². The fourth-order valence-corrected chi connectivity index (χ4v) is 3.87. The van der Waals surface area contributed by atoms with Crippen molar-refractivity contribution in [2.75, 3.05) is 12.8 Å². The zero-order valence-corrected chi connectivity index (χ0v) is 13.3. The van der Waals surface area contributed by atoms with E-state index in [1.807, 2.05) is 17.5 Å². The van der Waals surface area contributed by atoms with Gasteiger partial charge in [-0.15, -0.1) is 21.5 Å². The molecule has 0 aromatic carbocycles. The summed E-state index contributed by atoms with van der Waals surface area (Å²) in [5.41, 5.74) is 6.57. The fraction of sp³-hybridized carbons (Fsp3) is 0.167. The number of ether oxygens (including phenoxy) is 1. The highest BCUT2D eigenvalue weighted by Gasteiger charge is 2.10. The van der Waals surface area contributed by atoms with Crippen molar-refractivity contribution in [3.05, 3.63) is 27.5 Å². The number of carbonyl (C=O) groups is 1. The SMILES string of the molecule is COC(=O)/C(C#N)=C/c1cc(CSc2nnc(N)s2)cs1. The molecule has 9 heteroatoms. The third kappa shape index (κ3) is 4.29. The van der Waals surface area contributed by atoms with E-state index < -0.39 is 5.97 Å². The van der Waals surface area contributed by atoms with Crippen molar-refractivity contribution < 1.29 is 9.53 Å². The molecule has 6 nitrogen and oxygen atoms in total. The number of hydrogen-bond donors (Lipinski definition) is 1. The van der Waals surface area contributed by atoms with E-state index in [9.17, 15) is 4.79 Å². The van der Waals surface area contributed by atoms with Crippen LogP contribution in [0.2, 0.25) is 0 Å². The van der Waals surface area contributed by atoms with Gasteiger partial charge in [-0.25, -0.2) is 4.79 Å². The van der Waals surface area contributed by atoms with Gasteiger partial charge in [-0.3, -0.25) is 0 Å². The first-order valence-corrected chi connectivity index (χ1v) is 8.30. The third-order valence-corrected chi connectivity index (χ3v) is 5.16. The van der Waals surface area contributed by atoms with Crippen molar-refractivity contribution >= 4 is 51.6 Å². The molecule has 0 aliphatic heterocycles. The predicted octanol–water partition coefficient (Wildman–Crippen LogP) is 2.55. The summed E-state index contributed by atoms with van der Waals surface area (Å²) in [6.07, 6.45) is 1.52. The van der Waals surface area contributed by atoms with Gasteiger partial charge in [0.1, 0.15) is 11.6 Å². The molecule has 21 heavy (non-hydrogen) atoms. The van der Waals surface area contributed by atoms with E-state index in [2.05, 4.69) is 14.9 Å². The van der Waals surface area contributed by atoms with E-state index in [-0.39, 0.29) is 5.57 Å². The number of hydrogen-bond acceptors (Lipinski definition) is 9. The van der Waals surface area contributed by atoms with Crippen LogP contribution in [0.15, 0.2) is 21.4 Å². The quantitative estimate of drug-likeness (QED) is 0.387. The van der Waals surface area contributed by atoms with E-state index in [4.69, 9.17) is 11.0 Å². The van der Waals surface area contributed by atoms with Crippen molar-refractivity contribution in [1.29, 1.82) is 5.26 Å². The molecule has 0 unspecified atom stereocenters. The van der Waals surface area contributed by atoms with Crippen LogP contribution >= 0.6 is 34.4 Å². The summed E-state index contributed by atoms with van der Waals surface area (Å²) in [6, 6.07) is 3.75. The normalized spacial score (nSPS) is 11.1. The number of thiophene rings is 1. The molecular weight excluding hydrogens is 328 g/mol. The second-order valence-corrected chi connectivity index (χ2v) is 6.89. The van der Waals surface area contributed by atoms with Gasteiger partial charge in [-0.2, -0.15) is 5.26 Å². The maximum absolute atomic E-state index is 11.3. The highest BCUT2D eigenvalue weighted by molar-refractivity contribution is 8.00. The number of nitrogens with two attached hydrogens (primary N) is 1. The lowest BCUT2D eigenvalue weighted by molar-refractivity contribution is -0.135. The monoisotopic (exact) mass is 338 g/mol. The Morgan fingerprint density at radius 3 is 3.05 bits per heavy atom. The molecule has 0 aliphatic carbocycles. The number of methoxy groups -OCH3 is 1. The summed E-state index contributed by atoms with van der Waals surface area (Å²) < 4.78 is 5.34. The van der Waals surface area contributed by atoms with Crippen LogP contribution < -0.4 is 5.73 Å². The van der Waals surface area contributed by atoms with Crippen LogP contribution in [0.25, 0.3) is 6.08 Å². The number of nitrogen functional groups attached to an aromatic ring is 1. The fourth-order valence-electron chi connectivity index (χ4n) is 1.36. The van der Waals surface area contributed by atoms with E-state index in [1.54, 1.807) is 0 Å². The summed E-state index contributed by atoms with van der Waals surface area (Å²) in [6.45, 7) is 0. The molecule has 2 aromatic heterocycles. The lowest BCUT2D eigenvalue weighted by Gasteiger charge is -1.94. The summed E-state index contributed by atoms with van der Waals surface area (Å²) in [5.74, 6) is 0.0881. The first-order chi connectivity index (χ1) is 10.1. The van der Waals surface area contributed by atoms with Crippen LogP contribution in [0.3, 0.4) is 0 Å². The molecule has 0 spiro atoms. The van der Waals surface area contributed by atoms with Crippen LogP contribution in [0.5, 0.6) is 0 Å². The Labute approximate surface area is 133 Å². The number of thioether (sulfide) groups is 1. The van der Waals surface area contributed by atoms with Gasteiger partial charge in [-0.05, 0) is 23.1 Å². The minimum atomic E-state index is -0.633. The topological polar surface area (TPSA) is 102 Å². The molecule has 0 atom stereocenters. The summed E-state index contributed by atoms with van der Waals surface area (Å²) in [5, 5.41) is 19.0. The second kappa shape index (κ2) is 7.21. The molecule has 2 aromatic rings. The van der Waals surface area contributed by atoms with E-state index >= 15 is 0 Å². The number of aromatic nitrogens is 2. The predicted molar refractivity (Wildman–Crippen MR) is 83.8 cm³/mol. The molecule has 108 valence electrons. The van der Waals surface area contributed by atoms with E-state index in [1.165, 1.54) is 47.6 Å². The zero-order chi connectivity index (χ0) is 15.2. The van der Waals surface area contributed by atoms with E-state index in [0.717, 1.165) is 20.5 Å². The standard InChI is InChI=1S/C12H10N4O2S3/c1-18-10(17)8(4-13)3-9-2-7(5-19-9)6-20-12-16-15-11(14)21-12/h2-3,5H,6H2,1H3,(H2,14,15)/b8-3+. The number of nitriles is 1. The number of rotatable bonds is 5. The Hall–Kier alpha value is -1.89. The van der Waals surface area contributed by atoms with Crippen LogP contribution in [-0.4, -0.2) is 23.3 Å². The Morgan fingerprint density at radius 1 is 1.62 bits per heavy atom. The molecule has 2 heterocycles. The lowest BCUT2D eigenvalue weighted by atomic mass is 10.2. The molecule has 0 amide bonds. The van der Waals surface area contributed by atoms with Crippen molar-refractivity contribution in [2.45, 2.75) is 10.1 Å². The molecule has 0 aliphatic rings. The Balaban J connectivity index is 2.03. The largest absolute Gasteiger partial charge is 0.465 e. The molecule has 2 rings (SSSR count). The van der Waals surface area contributed by atoms with Gasteiger partial charge < -0.3 is 10.5 Å². The van der Waals surface area contributed by atoms with Crippen LogP contribution in [0.1, 0.15) is 10.4 Å². The van der Waals surface area contributed by atoms with Gasteiger partial charge in [0.2, 0.25) is 5.13 Å². The van der Waals surface area contributed by atoms with Crippen LogP contribution in [0, 0.1) is 11.3 Å². The Kier molecular flexibility index (Phi) is 5.32. The molecule has 0 saturated carbocycles. The number of carbonyl (C=O) groups excluding carboxylic acids is 1. The Bertz CT molecular complexity index is 714. The van der Waals surface area contributed by atoms with Crippen molar-refractivity contribution in [2.24, 2.45) is 0 Å². The van der Waals surface area contributed by atoms with Crippen molar-refractivity contribution in [3.63, 3.8) is 0 Å². The van der Waals surface area contributed by atoms with Crippen molar-refractivity contribution in [1.82, 2.24) is 10.2 Å². The molecule has 0 radical (unpaired) electrons. The minimum absolute atomic E-state index is 0.0181. The first-order valence-electron chi connectivity index (χ1n) is 5.61. The number of nitrogens with zero attached hydrogens (tertiary/aromatic N) is 3. The highest BCUT2D eigenvalue weighted by atomic mass is 32.2. The van der Waals surface area contributed by atoms with Gasteiger partial charge in [0.05, 0.1) is 7.11 Å². The summed E-state index contributed by atoms with van der Waals surface area (Å²) in [7, 11) is 1.25. The maximum Gasteiger partial charge on any atom is 0.348 e. The number of anilines is 1. The van der Waals surface area contributed by atoms with E-state index in [0.29, 0.717) is 5.13 Å². The lowest BCUT2D eigenvalue weighted by Crippen LogP contribution is -2.02. The van der Waals surface area contributed by atoms with Gasteiger partial charge in [0, 0.05) is 10.6 Å². The smallest absolute Gasteiger partial charge is 0.348 e. The van der Waals surface area contributed by atoms with Gasteiger partial charge in [0.15, 0.2) is 4.34 Å². The van der Waals surface area contributed by atoms with Crippen LogP contribution in [-0.2, 0) is 15.3 Å². The summed E-state index contributed by atoms with van der Waals surface area (Å²) in [4.78, 5) is 12.2. The van der Waals surface area contributed by atoms with Crippen molar-refractivity contribution in [3.8, 4) is 6.07 Å². The molecular formula is C12H10N4O2S3. The second-order valence-electron chi connectivity index (χ2n) is 3.71. The molecule has 2 N–H and O–H groups in total. The molecule has 0 saturated heterocycles. The van der Waals surface area contributed by atoms with Gasteiger partial charge in [0.25, 0.3) is 0 Å². The Morgan fingerprint density at radius 2 is 2.43 bits per heavy atom. The average Bonchev–Trinajstić information content (AvgIpc) is 3.10. The zero-order valence-electron chi connectivity index (χ0n) is 10.9. The number of esters is 1. The van der Waals surface area contributed by atoms with Gasteiger partial charge >= 0.3 is 5.97 Å². The highest BCUT2D eigenvalue weighted by Crippen LogP contribution is 2.29. The maximum atomic E-state index is 11.3. The third-order valence-electron chi connectivity index (χ3n) is 2.27.